The van der Waals surface area contributed by atoms with E-state index in [2.05, 4.69) is 5.32 Å². The second-order valence-electron chi connectivity index (χ2n) is 7.41. The molecule has 1 saturated heterocycles. The van der Waals surface area contributed by atoms with Gasteiger partial charge in [0.1, 0.15) is 11.6 Å². The number of amides is 2. The van der Waals surface area contributed by atoms with Crippen molar-refractivity contribution in [1.29, 1.82) is 0 Å². The monoisotopic (exact) mass is 429 g/mol. The highest BCUT2D eigenvalue weighted by Crippen LogP contribution is 2.40. The predicted molar refractivity (Wildman–Crippen MR) is 111 cm³/mol. The number of halogens is 1. The van der Waals surface area contributed by atoms with Crippen LogP contribution in [0.1, 0.15) is 5.56 Å². The highest BCUT2D eigenvalue weighted by atomic mass is 19.1. The molecule has 2 heterocycles. The SMILES string of the molecule is COc1cc2c(cc1NC(=O)CN1CCN(C(=O)Cc3ccc(F)cc3)CC1)OCO2. The summed E-state index contributed by atoms with van der Waals surface area (Å²) in [4.78, 5) is 28.8. The highest BCUT2D eigenvalue weighted by Gasteiger charge is 2.24. The van der Waals surface area contributed by atoms with Crippen molar-refractivity contribution >= 4 is 17.5 Å². The molecule has 0 spiro atoms. The van der Waals surface area contributed by atoms with E-state index < -0.39 is 0 Å². The Hall–Kier alpha value is -3.33. The molecule has 1 fully saturated rings. The van der Waals surface area contributed by atoms with E-state index in [1.54, 1.807) is 29.2 Å². The van der Waals surface area contributed by atoms with Crippen LogP contribution in [0.25, 0.3) is 0 Å². The average Bonchev–Trinajstić information content (AvgIpc) is 3.22. The van der Waals surface area contributed by atoms with Gasteiger partial charge in [0.2, 0.25) is 18.6 Å². The van der Waals surface area contributed by atoms with Gasteiger partial charge in [-0.1, -0.05) is 12.1 Å². The molecule has 2 amide bonds. The minimum absolute atomic E-state index is 0.000746. The van der Waals surface area contributed by atoms with E-state index >= 15 is 0 Å². The number of anilines is 1. The lowest BCUT2D eigenvalue weighted by molar-refractivity contribution is -0.132. The van der Waals surface area contributed by atoms with Crippen LogP contribution in [-0.2, 0) is 16.0 Å². The van der Waals surface area contributed by atoms with Crippen molar-refractivity contribution < 1.29 is 28.2 Å². The van der Waals surface area contributed by atoms with Gasteiger partial charge in [-0.15, -0.1) is 0 Å². The van der Waals surface area contributed by atoms with E-state index in [1.165, 1.54) is 19.2 Å². The Morgan fingerprint density at radius 1 is 1.06 bits per heavy atom. The Morgan fingerprint density at radius 2 is 1.74 bits per heavy atom. The lowest BCUT2D eigenvalue weighted by atomic mass is 10.1. The molecule has 8 nitrogen and oxygen atoms in total. The Morgan fingerprint density at radius 3 is 2.42 bits per heavy atom. The lowest BCUT2D eigenvalue weighted by Gasteiger charge is -2.34. The number of nitrogens with one attached hydrogen (secondary N) is 1. The number of fused-ring (bicyclic) bond motifs is 1. The molecule has 0 saturated carbocycles. The van der Waals surface area contributed by atoms with Gasteiger partial charge in [0, 0.05) is 38.3 Å². The zero-order valence-corrected chi connectivity index (χ0v) is 17.2. The molecule has 1 N–H and O–H groups in total. The first-order chi connectivity index (χ1) is 15.0. The van der Waals surface area contributed by atoms with E-state index in [-0.39, 0.29) is 37.4 Å². The molecule has 4 rings (SSSR count). The fraction of sp³-hybridized carbons (Fsp3) is 0.364. The topological polar surface area (TPSA) is 80.3 Å². The number of hydrogen-bond acceptors (Lipinski definition) is 6. The summed E-state index contributed by atoms with van der Waals surface area (Å²) in [6.07, 6.45) is 0.241. The molecule has 0 aromatic heterocycles. The van der Waals surface area contributed by atoms with Gasteiger partial charge in [-0.2, -0.15) is 0 Å². The summed E-state index contributed by atoms with van der Waals surface area (Å²) in [6, 6.07) is 9.33. The van der Waals surface area contributed by atoms with Gasteiger partial charge >= 0.3 is 0 Å². The fourth-order valence-corrected chi connectivity index (χ4v) is 3.63. The fourth-order valence-electron chi connectivity index (χ4n) is 3.63. The van der Waals surface area contributed by atoms with E-state index in [9.17, 15) is 14.0 Å². The van der Waals surface area contributed by atoms with Gasteiger partial charge in [0.25, 0.3) is 0 Å². The summed E-state index contributed by atoms with van der Waals surface area (Å²) in [7, 11) is 1.52. The number of nitrogens with zero attached hydrogens (tertiary/aromatic N) is 2. The van der Waals surface area contributed by atoms with Crippen molar-refractivity contribution in [2.75, 3.05) is 51.9 Å². The number of benzene rings is 2. The van der Waals surface area contributed by atoms with Crippen LogP contribution in [0, 0.1) is 5.82 Å². The van der Waals surface area contributed by atoms with Gasteiger partial charge in [-0.25, -0.2) is 4.39 Å². The molecule has 0 aliphatic carbocycles. The van der Waals surface area contributed by atoms with Crippen LogP contribution in [0.2, 0.25) is 0 Å². The lowest BCUT2D eigenvalue weighted by Crippen LogP contribution is -2.50. The van der Waals surface area contributed by atoms with E-state index in [1.807, 2.05) is 4.90 Å². The summed E-state index contributed by atoms with van der Waals surface area (Å²) in [5, 5.41) is 2.86. The number of rotatable bonds is 6. The standard InChI is InChI=1S/C22H24FN3O5/c1-29-18-12-20-19(30-14-31-20)11-17(18)24-21(27)13-25-6-8-26(9-7-25)22(28)10-15-2-4-16(23)5-3-15/h2-5,11-12H,6-10,13-14H2,1H3,(H,24,27). The molecular weight excluding hydrogens is 405 g/mol. The highest BCUT2D eigenvalue weighted by molar-refractivity contribution is 5.94. The van der Waals surface area contributed by atoms with Crippen molar-refractivity contribution in [1.82, 2.24) is 9.80 Å². The predicted octanol–water partition coefficient (Wildman–Crippen LogP) is 1.89. The van der Waals surface area contributed by atoms with Crippen LogP contribution in [-0.4, -0.2) is 68.2 Å². The number of carbonyl (C=O) groups excluding carboxylic acids is 2. The Balaban J connectivity index is 1.26. The first-order valence-electron chi connectivity index (χ1n) is 10.0. The summed E-state index contributed by atoms with van der Waals surface area (Å²) >= 11 is 0. The van der Waals surface area contributed by atoms with Crippen molar-refractivity contribution in [2.24, 2.45) is 0 Å². The minimum Gasteiger partial charge on any atom is -0.494 e. The molecule has 2 aromatic carbocycles. The summed E-state index contributed by atoms with van der Waals surface area (Å²) < 4.78 is 29.0. The van der Waals surface area contributed by atoms with Gasteiger partial charge in [0.15, 0.2) is 11.5 Å². The zero-order valence-electron chi connectivity index (χ0n) is 17.2. The smallest absolute Gasteiger partial charge is 0.238 e. The number of hydrogen-bond donors (Lipinski definition) is 1. The van der Waals surface area contributed by atoms with Crippen LogP contribution < -0.4 is 19.5 Å². The second kappa shape index (κ2) is 9.22. The van der Waals surface area contributed by atoms with E-state index in [0.717, 1.165) is 5.56 Å². The maximum Gasteiger partial charge on any atom is 0.238 e. The number of carbonyl (C=O) groups is 2. The average molecular weight is 429 g/mol. The van der Waals surface area contributed by atoms with Crippen molar-refractivity contribution in [3.8, 4) is 17.2 Å². The third-order valence-corrected chi connectivity index (χ3v) is 5.33. The normalized spacial score (nSPS) is 15.6. The first kappa shape index (κ1) is 20.9. The van der Waals surface area contributed by atoms with Crippen molar-refractivity contribution in [3.05, 3.63) is 47.8 Å². The van der Waals surface area contributed by atoms with E-state index in [4.69, 9.17) is 14.2 Å². The van der Waals surface area contributed by atoms with Crippen LogP contribution >= 0.6 is 0 Å². The molecule has 0 radical (unpaired) electrons. The molecule has 31 heavy (non-hydrogen) atoms. The summed E-state index contributed by atoms with van der Waals surface area (Å²) in [5.41, 5.74) is 1.30. The molecule has 164 valence electrons. The second-order valence-corrected chi connectivity index (χ2v) is 7.41. The van der Waals surface area contributed by atoms with Crippen molar-refractivity contribution in [3.63, 3.8) is 0 Å². The molecule has 9 heteroatoms. The number of methoxy groups -OCH3 is 1. The first-order valence-corrected chi connectivity index (χ1v) is 10.0. The van der Waals surface area contributed by atoms with Crippen molar-refractivity contribution in [2.45, 2.75) is 6.42 Å². The van der Waals surface area contributed by atoms with Gasteiger partial charge in [-0.05, 0) is 17.7 Å². The minimum atomic E-state index is -0.318. The Labute approximate surface area is 179 Å². The molecule has 0 unspecified atom stereocenters. The largest absolute Gasteiger partial charge is 0.494 e. The number of piperazine rings is 1. The zero-order chi connectivity index (χ0) is 21.8. The van der Waals surface area contributed by atoms with Crippen LogP contribution in [0.5, 0.6) is 17.2 Å². The quantitative estimate of drug-likeness (QED) is 0.756. The third kappa shape index (κ3) is 5.05. The molecule has 2 aliphatic rings. The van der Waals surface area contributed by atoms with Crippen LogP contribution in [0.3, 0.4) is 0 Å². The maximum atomic E-state index is 13.0. The summed E-state index contributed by atoms with van der Waals surface area (Å²) in [6.45, 7) is 2.63. The molecule has 2 aliphatic heterocycles. The Kier molecular flexibility index (Phi) is 6.22. The molecule has 0 atom stereocenters. The molecular formula is C22H24FN3O5. The van der Waals surface area contributed by atoms with Crippen LogP contribution in [0.4, 0.5) is 10.1 Å². The van der Waals surface area contributed by atoms with E-state index in [0.29, 0.717) is 49.1 Å². The van der Waals surface area contributed by atoms with Gasteiger partial charge in [-0.3, -0.25) is 14.5 Å². The van der Waals surface area contributed by atoms with Crippen LogP contribution in [0.15, 0.2) is 36.4 Å². The molecule has 0 bridgehead atoms. The number of ether oxygens (including phenoxy) is 3. The van der Waals surface area contributed by atoms with Gasteiger partial charge < -0.3 is 24.4 Å². The third-order valence-electron chi connectivity index (χ3n) is 5.33. The van der Waals surface area contributed by atoms with Gasteiger partial charge in [0.05, 0.1) is 25.8 Å². The Bertz CT molecular complexity index is 958. The molecule has 2 aromatic rings. The summed E-state index contributed by atoms with van der Waals surface area (Å²) in [5.74, 6) is 1.14. The maximum absolute atomic E-state index is 13.0.